The predicted molar refractivity (Wildman–Crippen MR) is 57.6 cm³/mol. The molecule has 0 heterocycles. The van der Waals surface area contributed by atoms with Gasteiger partial charge >= 0.3 is 8.56 Å². The summed E-state index contributed by atoms with van der Waals surface area (Å²) in [7, 11) is -2.93. The second kappa shape index (κ2) is 6.54. The molecule has 0 aliphatic carbocycles. The van der Waals surface area contributed by atoms with Crippen LogP contribution in [0, 0.1) is 0 Å². The Labute approximate surface area is 82.2 Å². The summed E-state index contributed by atoms with van der Waals surface area (Å²) in [5.41, 5.74) is 5.79. The molecule has 4 N–H and O–H groups in total. The van der Waals surface area contributed by atoms with Gasteiger partial charge in [0.1, 0.15) is 0 Å². The van der Waals surface area contributed by atoms with Gasteiger partial charge in [0.05, 0.1) is 0 Å². The molecule has 0 aromatic heterocycles. The second-order valence-corrected chi connectivity index (χ2v) is 6.88. The van der Waals surface area contributed by atoms with Crippen LogP contribution in [-0.2, 0) is 0 Å². The van der Waals surface area contributed by atoms with Crippen molar-refractivity contribution in [3.63, 3.8) is 0 Å². The average molecular weight is 205 g/mol. The number of hydrogen-bond donors (Lipinski definition) is 3. The van der Waals surface area contributed by atoms with Gasteiger partial charge in [0.2, 0.25) is 0 Å². The molecule has 3 nitrogen and oxygen atoms in total. The van der Waals surface area contributed by atoms with Crippen molar-refractivity contribution < 1.29 is 9.59 Å². The summed E-state index contributed by atoms with van der Waals surface area (Å²) >= 11 is 0. The Kier molecular flexibility index (Phi) is 6.58. The summed E-state index contributed by atoms with van der Waals surface area (Å²) in [5, 5.41) is 0. The van der Waals surface area contributed by atoms with Crippen LogP contribution in [0.25, 0.3) is 0 Å². The van der Waals surface area contributed by atoms with Gasteiger partial charge in [-0.05, 0) is 12.5 Å². The van der Waals surface area contributed by atoms with Gasteiger partial charge in [-0.2, -0.15) is 0 Å². The van der Waals surface area contributed by atoms with Gasteiger partial charge in [0, 0.05) is 12.1 Å². The van der Waals surface area contributed by atoms with Crippen molar-refractivity contribution in [2.24, 2.45) is 5.73 Å². The number of hydrogen-bond acceptors (Lipinski definition) is 3. The van der Waals surface area contributed by atoms with E-state index in [-0.39, 0.29) is 6.04 Å². The summed E-state index contributed by atoms with van der Waals surface area (Å²) in [6.45, 7) is 3.96. The van der Waals surface area contributed by atoms with Crippen LogP contribution in [-0.4, -0.2) is 24.2 Å². The molecule has 0 amide bonds. The smallest absolute Gasteiger partial charge is 0.334 e. The molecule has 0 spiro atoms. The third-order valence-corrected chi connectivity index (χ3v) is 4.64. The van der Waals surface area contributed by atoms with Crippen LogP contribution in [0.15, 0.2) is 0 Å². The fourth-order valence-electron chi connectivity index (χ4n) is 1.32. The molecule has 4 heteroatoms. The number of nitrogens with two attached hydrogens (primary N) is 1. The lowest BCUT2D eigenvalue weighted by molar-refractivity contribution is 0.350. The van der Waals surface area contributed by atoms with Crippen LogP contribution in [0.1, 0.15) is 39.5 Å². The van der Waals surface area contributed by atoms with Crippen molar-refractivity contribution in [3.05, 3.63) is 0 Å². The summed E-state index contributed by atoms with van der Waals surface area (Å²) in [4.78, 5) is 18.9. The maximum absolute atomic E-state index is 9.46. The molecule has 13 heavy (non-hydrogen) atoms. The molecule has 0 aromatic carbocycles. The van der Waals surface area contributed by atoms with Crippen LogP contribution in [0.5, 0.6) is 0 Å². The molecule has 0 aliphatic heterocycles. The highest BCUT2D eigenvalue weighted by Crippen LogP contribution is 2.13. The van der Waals surface area contributed by atoms with E-state index in [1.54, 1.807) is 0 Å². The Morgan fingerprint density at radius 2 is 1.85 bits per heavy atom. The first kappa shape index (κ1) is 13.1. The second-order valence-electron chi connectivity index (χ2n) is 3.80. The number of rotatable bonds is 7. The normalized spacial score (nSPS) is 14.5. The van der Waals surface area contributed by atoms with Gasteiger partial charge < -0.3 is 15.3 Å². The molecular formula is C9H23NO2Si. The average Bonchev–Trinajstić information content (AvgIpc) is 2.04. The van der Waals surface area contributed by atoms with Gasteiger partial charge in [0.15, 0.2) is 0 Å². The Bertz CT molecular complexity index is 131. The summed E-state index contributed by atoms with van der Waals surface area (Å²) < 4.78 is 0. The minimum Gasteiger partial charge on any atom is -0.411 e. The summed E-state index contributed by atoms with van der Waals surface area (Å²) in [5.74, 6) is 0. The van der Waals surface area contributed by atoms with Gasteiger partial charge in [-0.15, -0.1) is 0 Å². The lowest BCUT2D eigenvalue weighted by atomic mass is 10.1. The molecule has 0 aromatic rings. The third kappa shape index (κ3) is 7.19. The van der Waals surface area contributed by atoms with Gasteiger partial charge in [-0.1, -0.05) is 33.1 Å². The molecule has 0 saturated heterocycles. The third-order valence-electron chi connectivity index (χ3n) is 2.33. The zero-order valence-corrected chi connectivity index (χ0v) is 9.79. The van der Waals surface area contributed by atoms with Crippen LogP contribution in [0.2, 0.25) is 12.1 Å². The molecule has 80 valence electrons. The first-order valence-corrected chi connectivity index (χ1v) is 7.53. The van der Waals surface area contributed by atoms with Crippen LogP contribution in [0.4, 0.5) is 0 Å². The predicted octanol–water partition coefficient (Wildman–Crippen LogP) is 1.34. The molecule has 0 aliphatic rings. The Morgan fingerprint density at radius 1 is 1.23 bits per heavy atom. The molecule has 0 saturated carbocycles. The first-order chi connectivity index (χ1) is 6.02. The molecule has 0 fully saturated rings. The maximum Gasteiger partial charge on any atom is 0.334 e. The van der Waals surface area contributed by atoms with E-state index >= 15 is 0 Å². The van der Waals surface area contributed by atoms with E-state index in [1.165, 1.54) is 12.8 Å². The molecule has 1 unspecified atom stereocenters. The molecule has 0 bridgehead atoms. The molecule has 0 radical (unpaired) electrons. The van der Waals surface area contributed by atoms with Gasteiger partial charge in [-0.25, -0.2) is 0 Å². The largest absolute Gasteiger partial charge is 0.411 e. The van der Waals surface area contributed by atoms with Crippen molar-refractivity contribution in [1.82, 2.24) is 0 Å². The van der Waals surface area contributed by atoms with Crippen LogP contribution >= 0.6 is 0 Å². The lowest BCUT2D eigenvalue weighted by Gasteiger charge is -2.20. The fraction of sp³-hybridized carbons (Fsp3) is 1.00. The fourth-order valence-corrected chi connectivity index (χ4v) is 2.66. The van der Waals surface area contributed by atoms with E-state index in [0.717, 1.165) is 12.8 Å². The van der Waals surface area contributed by atoms with Crippen molar-refractivity contribution in [1.29, 1.82) is 0 Å². The lowest BCUT2D eigenvalue weighted by Crippen LogP contribution is -2.40. The Morgan fingerprint density at radius 3 is 2.31 bits per heavy atom. The molecular weight excluding hydrogens is 182 g/mol. The van der Waals surface area contributed by atoms with E-state index in [4.69, 9.17) is 5.73 Å². The highest BCUT2D eigenvalue weighted by Gasteiger charge is 2.28. The standard InChI is InChI=1S/C9H23NO2Si/c1-3-5-6-7-9(10)8-13(11,12)4-2/h9,11-12H,3-8,10H2,1-2H3. The SMILES string of the molecule is CCCCCC(N)C[Si](O)(O)CC. The highest BCUT2D eigenvalue weighted by atomic mass is 28.4. The van der Waals surface area contributed by atoms with Crippen LogP contribution < -0.4 is 5.73 Å². The summed E-state index contributed by atoms with van der Waals surface area (Å²) in [6, 6.07) is 0.884. The van der Waals surface area contributed by atoms with Crippen molar-refractivity contribution in [3.8, 4) is 0 Å². The monoisotopic (exact) mass is 205 g/mol. The van der Waals surface area contributed by atoms with E-state index in [1.807, 2.05) is 6.92 Å². The van der Waals surface area contributed by atoms with E-state index in [2.05, 4.69) is 6.92 Å². The first-order valence-electron chi connectivity index (χ1n) is 5.22. The van der Waals surface area contributed by atoms with E-state index < -0.39 is 8.56 Å². The van der Waals surface area contributed by atoms with Gasteiger partial charge in [0.25, 0.3) is 0 Å². The highest BCUT2D eigenvalue weighted by molar-refractivity contribution is 6.64. The quantitative estimate of drug-likeness (QED) is 0.434. The zero-order valence-electron chi connectivity index (χ0n) is 8.79. The summed E-state index contributed by atoms with van der Waals surface area (Å²) in [6.07, 6.45) is 4.39. The Balaban J connectivity index is 3.55. The minimum absolute atomic E-state index is 0.0202. The van der Waals surface area contributed by atoms with E-state index in [9.17, 15) is 9.59 Å². The van der Waals surface area contributed by atoms with Crippen molar-refractivity contribution in [2.75, 3.05) is 0 Å². The Hall–Kier alpha value is 0.0969. The molecule has 0 rings (SSSR count). The van der Waals surface area contributed by atoms with Crippen molar-refractivity contribution in [2.45, 2.75) is 57.7 Å². The topological polar surface area (TPSA) is 66.5 Å². The van der Waals surface area contributed by atoms with Crippen molar-refractivity contribution >= 4 is 8.56 Å². The van der Waals surface area contributed by atoms with Crippen LogP contribution in [0.3, 0.4) is 0 Å². The zero-order chi connectivity index (χ0) is 10.3. The maximum atomic E-state index is 9.46. The number of unbranched alkanes of at least 4 members (excludes halogenated alkanes) is 2. The van der Waals surface area contributed by atoms with Gasteiger partial charge in [-0.3, -0.25) is 0 Å². The molecule has 1 atom stereocenters. The van der Waals surface area contributed by atoms with E-state index in [0.29, 0.717) is 12.1 Å². The minimum atomic E-state index is -2.93.